The number of aromatic nitrogens is 3. The fourth-order valence-electron chi connectivity index (χ4n) is 11.4. The lowest BCUT2D eigenvalue weighted by molar-refractivity contribution is -0.384. The van der Waals surface area contributed by atoms with Gasteiger partial charge < -0.3 is 74.1 Å². The quantitative estimate of drug-likeness (QED) is 0.00363. The highest BCUT2D eigenvalue weighted by Gasteiger charge is 2.45. The number of benzene rings is 6. The summed E-state index contributed by atoms with van der Waals surface area (Å²) in [5, 5.41) is 95.8. The molecule has 7 N–H and O–H groups in total. The van der Waals surface area contributed by atoms with Crippen LogP contribution in [0.15, 0.2) is 146 Å². The summed E-state index contributed by atoms with van der Waals surface area (Å²) in [5.41, 5.74) is 7.78. The Labute approximate surface area is 594 Å². The summed E-state index contributed by atoms with van der Waals surface area (Å²) in [4.78, 5) is 67.0. The number of methoxy groups -OCH3 is 1. The van der Waals surface area contributed by atoms with Crippen LogP contribution in [-0.4, -0.2) is 188 Å². The van der Waals surface area contributed by atoms with Gasteiger partial charge in [0.2, 0.25) is 11.3 Å². The van der Waals surface area contributed by atoms with E-state index in [2.05, 4.69) is 41.4 Å². The highest BCUT2D eigenvalue weighted by Crippen LogP contribution is 2.43. The second-order valence-electron chi connectivity index (χ2n) is 25.2. The SMILES string of the molecule is COc1cc(N=Nc2ccc(N(C)CCCC(=O)NCc3cn(CCOCCOC(CC(=O)CCCCCCCNC(=O)c4ccc(-c5c6ccc(=[N+](C)C)cc-6oc6cc(N(C)C)ccc56)c(C(=O)O)c4)O[C@@H]4O[C@H](CO)[C@@H](O)[C@H](O)[C@H]4O)nn3)cc2)c(C)cc1N=Nc1ccc([N+](=O)[O-])cc1. The number of amides is 2. The summed E-state index contributed by atoms with van der Waals surface area (Å²) in [6.07, 6.45) is -3.28. The van der Waals surface area contributed by atoms with E-state index in [0.29, 0.717) is 102 Å². The smallest absolute Gasteiger partial charge is 0.336 e. The number of ketones is 1. The number of azo groups is 2. The Bertz CT molecular complexity index is 4330. The molecule has 1 fully saturated rings. The minimum absolute atomic E-state index is 0.0310. The zero-order chi connectivity index (χ0) is 73.7. The normalized spacial score (nSPS) is 16.3. The number of aliphatic hydroxyl groups is 4. The van der Waals surface area contributed by atoms with E-state index >= 15 is 0 Å². The Kier molecular flexibility index (Phi) is 27.6. The molecule has 6 aromatic rings. The number of unbranched alkanes of at least 4 members (excludes halogenated alkanes) is 4. The Hall–Kier alpha value is -10.3. The van der Waals surface area contributed by atoms with Crippen molar-refractivity contribution >= 4 is 74.3 Å². The number of aromatic carboxylic acids is 1. The predicted octanol–water partition coefficient (Wildman–Crippen LogP) is 9.09. The van der Waals surface area contributed by atoms with Crippen LogP contribution >= 0.6 is 0 Å². The highest BCUT2D eigenvalue weighted by atomic mass is 16.8. The number of carboxylic acids is 1. The maximum absolute atomic E-state index is 13.5. The lowest BCUT2D eigenvalue weighted by Gasteiger charge is -2.40. The third-order valence-corrected chi connectivity index (χ3v) is 17.3. The number of nitrogens with one attached hydrogen (secondary N) is 2. The van der Waals surface area contributed by atoms with Crippen molar-refractivity contribution in [2.75, 3.05) is 91.7 Å². The highest BCUT2D eigenvalue weighted by molar-refractivity contribution is 6.09. The summed E-state index contributed by atoms with van der Waals surface area (Å²) in [6.45, 7) is 2.79. The number of rotatable bonds is 37. The summed E-state index contributed by atoms with van der Waals surface area (Å²) in [7, 11) is 11.1. The molecule has 3 aliphatic rings. The molecule has 546 valence electrons. The van der Waals surface area contributed by atoms with E-state index in [0.717, 1.165) is 46.1 Å². The monoisotopic (exact) mass is 1420 g/mol. The maximum Gasteiger partial charge on any atom is 0.336 e. The number of hydrogen-bond acceptors (Lipinski definition) is 24. The standard InChI is InChI=1S/C73H87N13O17/c1-45-36-60(80-77-48-19-23-51(24-20-48)86(96)97)63(98-7)41-59(45)79-76-47-17-21-50(22-18-47)84(6)31-13-15-65(89)75-42-49-43-85(81-78-49)32-33-99-34-35-100-66(103-73-70(92)69(91)68(90)64(44-87)102-73)40-54(88)14-11-9-8-10-12-30-74-71(93)46-16-27-55(58(37-46)72(94)95)67-56-28-25-52(82(2)3)38-61(56)101-62-39-53(83(4)5)26-29-57(62)67/h16-29,36-39,41,43,64,66,68-70,73,87,90-92H,8-15,30-35,40,42,44H2,1-7H3,(H2-,74,75,89,93,94,95)/p+1/t64-,66?,68-,69+,70-,73+/m1/s1. The fraction of sp³-hybridized carbons (Fsp3) is 0.411. The van der Waals surface area contributed by atoms with E-state index in [4.69, 9.17) is 28.1 Å². The van der Waals surface area contributed by atoms with Gasteiger partial charge in [0, 0.05) is 111 Å². The number of carboxylic acid groups (broad SMARTS) is 1. The zero-order valence-electron chi connectivity index (χ0n) is 58.6. The number of anilines is 2. The summed E-state index contributed by atoms with van der Waals surface area (Å²) >= 11 is 0. The third kappa shape index (κ3) is 21.2. The fourth-order valence-corrected chi connectivity index (χ4v) is 11.4. The molecule has 1 aromatic heterocycles. The minimum atomic E-state index is -1.73. The van der Waals surface area contributed by atoms with Gasteiger partial charge in [-0.05, 0) is 110 Å². The lowest BCUT2D eigenvalue weighted by Crippen LogP contribution is -2.59. The van der Waals surface area contributed by atoms with E-state index in [-0.39, 0.29) is 74.1 Å². The number of Topliss-reactive ketones (excluding diaryl/α,β-unsaturated/α-hetero) is 1. The number of nitrogens with zero attached hydrogens (tertiary/aromatic N) is 11. The number of carbonyl (C=O) groups is 4. The van der Waals surface area contributed by atoms with E-state index in [1.165, 1.54) is 37.4 Å². The van der Waals surface area contributed by atoms with Crippen LogP contribution in [0.1, 0.15) is 89.8 Å². The number of aryl methyl sites for hydroxylation is 1. The number of nitro benzene ring substituents is 1. The second-order valence-corrected chi connectivity index (χ2v) is 25.2. The number of hydrogen-bond donors (Lipinski definition) is 7. The first-order valence-corrected chi connectivity index (χ1v) is 33.8. The average Bonchev–Trinajstić information content (AvgIpc) is 0.915. The molecule has 0 saturated carbocycles. The van der Waals surface area contributed by atoms with E-state index in [1.807, 2.05) is 117 Å². The predicted molar refractivity (Wildman–Crippen MR) is 382 cm³/mol. The van der Waals surface area contributed by atoms with Crippen molar-refractivity contribution in [1.82, 2.24) is 30.2 Å². The van der Waals surface area contributed by atoms with Gasteiger partial charge >= 0.3 is 5.97 Å². The van der Waals surface area contributed by atoms with Gasteiger partial charge in [-0.25, -0.2) is 14.1 Å². The van der Waals surface area contributed by atoms with Gasteiger partial charge in [0.15, 0.2) is 12.6 Å². The van der Waals surface area contributed by atoms with Crippen LogP contribution < -0.4 is 35.1 Å². The van der Waals surface area contributed by atoms with Gasteiger partial charge in [-0.2, -0.15) is 15.3 Å². The molecule has 1 aliphatic carbocycles. The summed E-state index contributed by atoms with van der Waals surface area (Å²) in [6, 6.07) is 33.0. The van der Waals surface area contributed by atoms with Crippen molar-refractivity contribution in [3.05, 3.63) is 159 Å². The van der Waals surface area contributed by atoms with E-state index in [1.54, 1.807) is 35.1 Å². The molecule has 1 unspecified atom stereocenters. The lowest BCUT2D eigenvalue weighted by atomic mass is 9.89. The molecule has 1 saturated heterocycles. The van der Waals surface area contributed by atoms with Gasteiger partial charge in [0.05, 0.1) is 92.9 Å². The first-order chi connectivity index (χ1) is 49.6. The minimum Gasteiger partial charge on any atom is -0.494 e. The molecule has 9 rings (SSSR count). The molecular weight excluding hydrogens is 1330 g/mol. The zero-order valence-corrected chi connectivity index (χ0v) is 58.6. The Balaban J connectivity index is 0.663. The van der Waals surface area contributed by atoms with Gasteiger partial charge in [-0.1, -0.05) is 30.5 Å². The average molecular weight is 1420 g/mol. The van der Waals surface area contributed by atoms with Crippen LogP contribution in [-0.2, 0) is 41.6 Å². The molecule has 2 amide bonds. The number of carbonyl (C=O) groups excluding carboxylic acids is 3. The molecule has 0 spiro atoms. The van der Waals surface area contributed by atoms with Gasteiger partial charge in [-0.3, -0.25) is 24.5 Å². The topological polar surface area (TPSA) is 386 Å². The summed E-state index contributed by atoms with van der Waals surface area (Å²) < 4.78 is 38.6. The van der Waals surface area contributed by atoms with Crippen LogP contribution in [0.4, 0.5) is 39.8 Å². The van der Waals surface area contributed by atoms with Crippen molar-refractivity contribution < 1.29 is 77.7 Å². The molecule has 2 aliphatic heterocycles. The Morgan fingerprint density at radius 2 is 1.47 bits per heavy atom. The molecule has 6 atom stereocenters. The molecule has 103 heavy (non-hydrogen) atoms. The molecule has 0 radical (unpaired) electrons. The first kappa shape index (κ1) is 76.9. The van der Waals surface area contributed by atoms with Gasteiger partial charge in [0.1, 0.15) is 72.8 Å². The van der Waals surface area contributed by atoms with Gasteiger partial charge in [-0.15, -0.1) is 10.2 Å². The van der Waals surface area contributed by atoms with Crippen LogP contribution in [0, 0.1) is 17.0 Å². The van der Waals surface area contributed by atoms with Crippen molar-refractivity contribution in [3.63, 3.8) is 0 Å². The molecule has 30 heteroatoms. The number of nitro groups is 1. The van der Waals surface area contributed by atoms with Crippen LogP contribution in [0.25, 0.3) is 33.4 Å². The molecule has 5 aromatic carbocycles. The third-order valence-electron chi connectivity index (χ3n) is 17.3. The largest absolute Gasteiger partial charge is 0.494 e. The van der Waals surface area contributed by atoms with Crippen molar-refractivity contribution in [2.24, 2.45) is 20.5 Å². The number of fused-ring (bicyclic) bond motifs is 2. The number of ether oxygens (including phenoxy) is 5. The Morgan fingerprint density at radius 3 is 2.17 bits per heavy atom. The first-order valence-electron chi connectivity index (χ1n) is 33.8. The maximum atomic E-state index is 13.5. The molecule has 3 heterocycles. The van der Waals surface area contributed by atoms with E-state index < -0.39 is 60.4 Å². The number of aliphatic hydroxyl groups excluding tert-OH is 4. The summed E-state index contributed by atoms with van der Waals surface area (Å²) in [5.74, 6) is -0.963. The van der Waals surface area contributed by atoms with E-state index in [9.17, 15) is 54.8 Å². The van der Waals surface area contributed by atoms with Crippen molar-refractivity contribution in [1.29, 1.82) is 0 Å². The van der Waals surface area contributed by atoms with Crippen LogP contribution in [0.3, 0.4) is 0 Å². The van der Waals surface area contributed by atoms with Crippen LogP contribution in [0.2, 0.25) is 0 Å². The second kappa shape index (κ2) is 37.0. The van der Waals surface area contributed by atoms with Gasteiger partial charge in [0.25, 0.3) is 11.6 Å². The van der Waals surface area contributed by atoms with Crippen molar-refractivity contribution in [2.45, 2.75) is 115 Å². The molecule has 0 bridgehead atoms. The molecule has 30 nitrogen and oxygen atoms in total. The van der Waals surface area contributed by atoms with Crippen molar-refractivity contribution in [3.8, 4) is 28.2 Å². The van der Waals surface area contributed by atoms with Crippen LogP contribution in [0.5, 0.6) is 5.75 Å². The molecular formula is C73H88N13O17+. The Morgan fingerprint density at radius 1 is 0.757 bits per heavy atom. The number of non-ortho nitro benzene ring substituents is 1.